The van der Waals surface area contributed by atoms with Gasteiger partial charge in [-0.2, -0.15) is 36.1 Å². The van der Waals surface area contributed by atoms with Crippen molar-refractivity contribution in [3.05, 3.63) is 154 Å². The minimum absolute atomic E-state index is 0.00270. The molecule has 4 amide bonds. The summed E-state index contributed by atoms with van der Waals surface area (Å²) in [5.74, 6) is -4.11. The molecule has 103 heavy (non-hydrogen) atoms. The number of aryl methyl sites for hydroxylation is 2. The Labute approximate surface area is 590 Å². The Morgan fingerprint density at radius 3 is 1.39 bits per heavy atom. The first-order valence-corrected chi connectivity index (χ1v) is 33.2. The topological polar surface area (TPSA) is 263 Å². The molecule has 3 aromatic carbocycles. The fraction of sp³-hybridized carbons (Fsp3) is 0.479. The van der Waals surface area contributed by atoms with Crippen molar-refractivity contribution in [1.29, 1.82) is 0 Å². The van der Waals surface area contributed by atoms with Gasteiger partial charge in [0.05, 0.1) is 18.0 Å². The summed E-state index contributed by atoms with van der Waals surface area (Å²) in [7, 11) is 0. The van der Waals surface area contributed by atoms with E-state index < -0.39 is 143 Å². The first-order valence-electron chi connectivity index (χ1n) is 33.2. The smallest absolute Gasteiger partial charge is 0.426 e. The van der Waals surface area contributed by atoms with Crippen LogP contribution in [0.3, 0.4) is 0 Å². The second-order valence-electron chi connectivity index (χ2n) is 28.8. The van der Waals surface area contributed by atoms with Gasteiger partial charge in [0.15, 0.2) is 11.4 Å². The summed E-state index contributed by atoms with van der Waals surface area (Å²) < 4.78 is 169. The SMILES string of the molecule is Cc1cc(N(C(=O)OC(C)(C)C)C(=O)OC(C)(C)C)c2nc1OC(Cc1ccc(F)cc1)CC=CCC[C@](OCc1ccccc1)(C(F)(F)F)c1nnc-2o1.Cc1cc(N(C(=O)OC(C)(C)C)C(=O)OC(C)(C)C)c2nc1OC(Cc1ccc(F)cc1)CCCCC[C@](O)(C(F)(F)F)c1nnc-2o1. The largest absolute Gasteiger partial charge is 0.474 e. The van der Waals surface area contributed by atoms with E-state index in [0.717, 1.165) is 11.1 Å². The van der Waals surface area contributed by atoms with Crippen LogP contribution in [0.4, 0.5) is 65.7 Å². The van der Waals surface area contributed by atoms with Crippen LogP contribution >= 0.6 is 0 Å². The Hall–Kier alpha value is -9.58. The van der Waals surface area contributed by atoms with Gasteiger partial charge in [-0.1, -0.05) is 73.2 Å². The van der Waals surface area contributed by atoms with Crippen molar-refractivity contribution in [2.24, 2.45) is 0 Å². The number of halogens is 8. The van der Waals surface area contributed by atoms with Gasteiger partial charge in [-0.15, -0.1) is 20.4 Å². The van der Waals surface area contributed by atoms with Crippen LogP contribution in [-0.4, -0.2) is 107 Å². The molecule has 0 radical (unpaired) electrons. The van der Waals surface area contributed by atoms with Gasteiger partial charge in [0.2, 0.25) is 23.0 Å². The molecule has 1 N–H and O–H groups in total. The maximum atomic E-state index is 15.4. The monoisotopic (exact) mass is 1450 g/mol. The lowest BCUT2D eigenvalue weighted by atomic mass is 9.94. The third-order valence-electron chi connectivity index (χ3n) is 15.4. The van der Waals surface area contributed by atoms with Gasteiger partial charge in [-0.05, 0) is 189 Å². The number of fused-ring (bicyclic) bond motifs is 10. The van der Waals surface area contributed by atoms with Gasteiger partial charge in [-0.3, -0.25) is 0 Å². The summed E-state index contributed by atoms with van der Waals surface area (Å²) in [5.41, 5.74) is -9.69. The Kier molecular flexibility index (Phi) is 24.3. The Morgan fingerprint density at radius 1 is 0.524 bits per heavy atom. The quantitative estimate of drug-likeness (QED) is 0.0799. The van der Waals surface area contributed by atoms with Crippen molar-refractivity contribution >= 4 is 35.7 Å². The van der Waals surface area contributed by atoms with Gasteiger partial charge in [0, 0.05) is 30.4 Å². The van der Waals surface area contributed by atoms with Crippen molar-refractivity contribution in [3.8, 4) is 34.9 Å². The number of nitrogens with zero attached hydrogens (tertiary/aromatic N) is 8. The first-order chi connectivity index (χ1) is 47.9. The van der Waals surface area contributed by atoms with Crippen molar-refractivity contribution in [3.63, 3.8) is 0 Å². The van der Waals surface area contributed by atoms with E-state index in [1.807, 2.05) is 0 Å². The molecule has 4 aromatic heterocycles. The van der Waals surface area contributed by atoms with Gasteiger partial charge in [0.25, 0.3) is 23.6 Å². The van der Waals surface area contributed by atoms with Crippen LogP contribution in [0.1, 0.15) is 174 Å². The number of ether oxygens (including phenoxy) is 7. The number of carbonyl (C=O) groups excluding carboxylic acids is 4. The molecule has 2 aliphatic heterocycles. The highest BCUT2D eigenvalue weighted by Crippen LogP contribution is 2.49. The molecule has 0 saturated heterocycles. The second-order valence-corrected chi connectivity index (χ2v) is 28.8. The number of anilines is 2. The number of rotatable bonds is 9. The zero-order valence-electron chi connectivity index (χ0n) is 59.6. The van der Waals surface area contributed by atoms with Gasteiger partial charge < -0.3 is 47.1 Å². The summed E-state index contributed by atoms with van der Waals surface area (Å²) in [4.78, 5) is 65.0. The molecule has 22 nitrogen and oxygen atoms in total. The number of amides is 4. The first kappa shape index (κ1) is 79.1. The molecular weight excluding hydrogens is 1360 g/mol. The third kappa shape index (κ3) is 20.8. The number of alkyl halides is 6. The highest BCUT2D eigenvalue weighted by Gasteiger charge is 2.62. The third-order valence-corrected chi connectivity index (χ3v) is 15.4. The molecule has 0 saturated carbocycles. The zero-order valence-corrected chi connectivity index (χ0v) is 59.6. The molecule has 556 valence electrons. The van der Waals surface area contributed by atoms with Crippen molar-refractivity contribution in [2.75, 3.05) is 9.80 Å². The maximum absolute atomic E-state index is 15.4. The number of pyridine rings is 2. The summed E-state index contributed by atoms with van der Waals surface area (Å²) in [6, 6.07) is 22.7. The molecule has 2 unspecified atom stereocenters. The summed E-state index contributed by atoms with van der Waals surface area (Å²) in [5, 5.41) is 26.1. The lowest BCUT2D eigenvalue weighted by Gasteiger charge is -2.32. The lowest BCUT2D eigenvalue weighted by Crippen LogP contribution is -2.45. The Bertz CT molecular complexity index is 4070. The van der Waals surface area contributed by atoms with E-state index in [4.69, 9.17) is 42.0 Å². The predicted molar refractivity (Wildman–Crippen MR) is 358 cm³/mol. The van der Waals surface area contributed by atoms with Crippen molar-refractivity contribution in [1.82, 2.24) is 30.4 Å². The van der Waals surface area contributed by atoms with Gasteiger partial charge in [-0.25, -0.2) is 37.9 Å². The molecule has 7 aromatic rings. The number of aromatic nitrogens is 6. The number of allylic oxidation sites excluding steroid dienone is 1. The molecule has 30 heteroatoms. The fourth-order valence-corrected chi connectivity index (χ4v) is 10.6. The van der Waals surface area contributed by atoms with E-state index in [9.17, 15) is 46.2 Å². The number of imide groups is 2. The average molecular weight is 1450 g/mol. The van der Waals surface area contributed by atoms with Crippen LogP contribution in [0.15, 0.2) is 112 Å². The number of hydrogen-bond acceptors (Lipinski definition) is 20. The molecule has 2 aliphatic rings. The van der Waals surface area contributed by atoms with Crippen molar-refractivity contribution in [2.45, 2.75) is 226 Å². The van der Waals surface area contributed by atoms with Crippen LogP contribution in [0.25, 0.3) is 23.2 Å². The summed E-state index contributed by atoms with van der Waals surface area (Å²) >= 11 is 0. The molecule has 8 bridgehead atoms. The normalized spacial score (nSPS) is 18.4. The van der Waals surface area contributed by atoms with E-state index in [-0.39, 0.29) is 54.5 Å². The lowest BCUT2D eigenvalue weighted by molar-refractivity contribution is -0.299. The minimum Gasteiger partial charge on any atom is -0.474 e. The zero-order chi connectivity index (χ0) is 75.8. The molecular formula is C73H84F8N8O14. The van der Waals surface area contributed by atoms with Crippen LogP contribution < -0.4 is 19.3 Å². The number of aliphatic hydroxyl groups is 1. The average Bonchev–Trinajstić information content (AvgIpc) is 1.69. The fourth-order valence-electron chi connectivity index (χ4n) is 10.6. The number of hydrogen-bond donors (Lipinski definition) is 1. The van der Waals surface area contributed by atoms with E-state index in [2.05, 4.69) is 30.4 Å². The van der Waals surface area contributed by atoms with Crippen LogP contribution in [-0.2, 0) is 54.3 Å². The van der Waals surface area contributed by atoms with Crippen molar-refractivity contribution < 1.29 is 101 Å². The van der Waals surface area contributed by atoms with E-state index >= 15 is 13.2 Å². The number of benzene rings is 3. The Morgan fingerprint density at radius 2 is 0.951 bits per heavy atom. The molecule has 0 aliphatic carbocycles. The molecule has 9 rings (SSSR count). The Balaban J connectivity index is 0.000000264. The summed E-state index contributed by atoms with van der Waals surface area (Å²) in [6.45, 7) is 21.8. The summed E-state index contributed by atoms with van der Waals surface area (Å²) in [6.07, 6.45) is -12.6. The molecule has 0 spiro atoms. The van der Waals surface area contributed by atoms with Gasteiger partial charge in [0.1, 0.15) is 46.2 Å². The molecule has 0 fully saturated rings. The van der Waals surface area contributed by atoms with Gasteiger partial charge >= 0.3 is 36.7 Å². The minimum atomic E-state index is -5.18. The van der Waals surface area contributed by atoms with E-state index in [1.54, 1.807) is 164 Å². The van der Waals surface area contributed by atoms with Crippen LogP contribution in [0.5, 0.6) is 11.8 Å². The highest BCUT2D eigenvalue weighted by molar-refractivity contribution is 6.12. The molecule has 4 atom stereocenters. The maximum Gasteiger partial charge on any atom is 0.426 e. The second kappa shape index (κ2) is 31.6. The van der Waals surface area contributed by atoms with Crippen LogP contribution in [0, 0.1) is 25.5 Å². The standard InChI is InChI=1S/C40H44F4N4O7.C33H40F4N4O7/c1-25-22-30(48(35(49)54-37(2,3)4)36(50)55-38(5,6)7)31-33-46-47-34(53-33)39(40(42,43)44,51-24-27-14-10-8-11-15-27)21-13-9-12-16-29(52-32(25)45-31)23-26-17-19-28(41)20-18-26;1-19-17-23(41(28(42)47-30(2,3)4)29(43)48-31(5,6)7)24-26-39-40-27(46-26)32(44,33(35,36)37)16-10-8-9-11-22(45-25(19)38-24)18-20-12-14-21(34)15-13-20/h8-12,14-15,17-20,22,29H,13,16,21,23-24H2,1-7H3;12-15,17,22,44H,8-11,16,18H2,1-7H3/t29?,39-;22?,32-/m11/s1. The van der Waals surface area contributed by atoms with E-state index in [0.29, 0.717) is 52.2 Å². The number of carbonyl (C=O) groups is 4. The highest BCUT2D eigenvalue weighted by atomic mass is 19.4. The predicted octanol–water partition coefficient (Wildman–Crippen LogP) is 17.9. The van der Waals surface area contributed by atoms with E-state index in [1.165, 1.54) is 36.4 Å². The van der Waals surface area contributed by atoms with Crippen LogP contribution in [0.2, 0.25) is 0 Å². The molecule has 6 heterocycles.